The monoisotopic (exact) mass is 439 g/mol. The Morgan fingerprint density at radius 1 is 0.939 bits per heavy atom. The molecule has 1 N–H and O–H groups in total. The number of Topliss-reactive ketones (excluding diaryl/α,β-unsaturated/α-hetero) is 1. The molecule has 0 aliphatic carbocycles. The smallest absolute Gasteiger partial charge is 0.295 e. The number of hydrogen-bond acceptors (Lipinski definition) is 3. The van der Waals surface area contributed by atoms with Crippen molar-refractivity contribution in [3.05, 3.63) is 112 Å². The molecule has 33 heavy (non-hydrogen) atoms. The summed E-state index contributed by atoms with van der Waals surface area (Å²) >= 11 is 0. The summed E-state index contributed by atoms with van der Waals surface area (Å²) < 4.78 is 0. The summed E-state index contributed by atoms with van der Waals surface area (Å²) in [5.74, 6) is -1.00. The second-order valence-corrected chi connectivity index (χ2v) is 9.05. The summed E-state index contributed by atoms with van der Waals surface area (Å²) in [7, 11) is 0. The predicted molar refractivity (Wildman–Crippen MR) is 131 cm³/mol. The second kappa shape index (κ2) is 9.07. The van der Waals surface area contributed by atoms with Crippen LogP contribution in [0.15, 0.2) is 78.4 Å². The van der Waals surface area contributed by atoms with E-state index in [0.29, 0.717) is 11.5 Å². The summed E-state index contributed by atoms with van der Waals surface area (Å²) in [6, 6.07) is 22.6. The molecule has 4 heteroatoms. The highest BCUT2D eigenvalue weighted by atomic mass is 16.3. The summed E-state index contributed by atoms with van der Waals surface area (Å²) in [6.07, 6.45) is 0. The number of aryl methyl sites for hydroxylation is 2. The molecule has 1 atom stereocenters. The van der Waals surface area contributed by atoms with E-state index < -0.39 is 17.7 Å². The first-order valence-electron chi connectivity index (χ1n) is 11.3. The molecule has 1 aliphatic rings. The predicted octanol–water partition coefficient (Wildman–Crippen LogP) is 6.05. The largest absolute Gasteiger partial charge is 0.507 e. The van der Waals surface area contributed by atoms with Gasteiger partial charge in [-0.05, 0) is 48.1 Å². The van der Waals surface area contributed by atoms with Crippen LogP contribution in [0, 0.1) is 13.8 Å². The van der Waals surface area contributed by atoms with Crippen LogP contribution in [-0.4, -0.2) is 21.7 Å². The zero-order chi connectivity index (χ0) is 23.7. The van der Waals surface area contributed by atoms with Gasteiger partial charge in [-0.25, -0.2) is 0 Å². The van der Waals surface area contributed by atoms with Crippen molar-refractivity contribution in [2.45, 2.75) is 46.2 Å². The zero-order valence-electron chi connectivity index (χ0n) is 19.5. The van der Waals surface area contributed by atoms with Crippen LogP contribution in [0.4, 0.5) is 0 Å². The molecule has 1 aliphatic heterocycles. The number of aliphatic hydroxyl groups excluding tert-OH is 1. The van der Waals surface area contributed by atoms with Crippen LogP contribution in [0.5, 0.6) is 0 Å². The molecule has 168 valence electrons. The minimum atomic E-state index is -0.661. The Labute approximate surface area is 195 Å². The van der Waals surface area contributed by atoms with Crippen molar-refractivity contribution in [2.24, 2.45) is 0 Å². The third kappa shape index (κ3) is 4.34. The van der Waals surface area contributed by atoms with E-state index in [0.717, 1.165) is 22.3 Å². The van der Waals surface area contributed by atoms with Crippen LogP contribution in [-0.2, 0) is 16.1 Å². The lowest BCUT2D eigenvalue weighted by molar-refractivity contribution is -0.140. The highest BCUT2D eigenvalue weighted by molar-refractivity contribution is 6.46. The van der Waals surface area contributed by atoms with E-state index in [1.54, 1.807) is 4.90 Å². The molecular weight excluding hydrogens is 410 g/mol. The van der Waals surface area contributed by atoms with E-state index in [2.05, 4.69) is 13.8 Å². The van der Waals surface area contributed by atoms with Crippen LogP contribution in [0.25, 0.3) is 5.76 Å². The van der Waals surface area contributed by atoms with Gasteiger partial charge in [-0.2, -0.15) is 0 Å². The molecule has 4 rings (SSSR count). The fraction of sp³-hybridized carbons (Fsp3) is 0.241. The molecule has 0 saturated carbocycles. The van der Waals surface area contributed by atoms with Gasteiger partial charge in [0.2, 0.25) is 0 Å². The highest BCUT2D eigenvalue weighted by Gasteiger charge is 2.46. The Kier molecular flexibility index (Phi) is 6.19. The number of benzene rings is 3. The van der Waals surface area contributed by atoms with E-state index in [4.69, 9.17) is 0 Å². The van der Waals surface area contributed by atoms with Crippen LogP contribution >= 0.6 is 0 Å². The Bertz CT molecular complexity index is 1220. The van der Waals surface area contributed by atoms with Crippen LogP contribution < -0.4 is 0 Å². The van der Waals surface area contributed by atoms with E-state index in [-0.39, 0.29) is 17.9 Å². The second-order valence-electron chi connectivity index (χ2n) is 9.05. The lowest BCUT2D eigenvalue weighted by atomic mass is 9.92. The van der Waals surface area contributed by atoms with Crippen molar-refractivity contribution in [1.29, 1.82) is 0 Å². The van der Waals surface area contributed by atoms with Gasteiger partial charge in [0.05, 0.1) is 11.6 Å². The normalized spacial score (nSPS) is 17.7. The quantitative estimate of drug-likeness (QED) is 0.299. The summed E-state index contributed by atoms with van der Waals surface area (Å²) in [5.41, 5.74) is 5.45. The first-order valence-corrected chi connectivity index (χ1v) is 11.3. The molecule has 0 spiro atoms. The Balaban J connectivity index is 1.89. The van der Waals surface area contributed by atoms with Crippen molar-refractivity contribution >= 4 is 17.4 Å². The molecule has 1 unspecified atom stereocenters. The van der Waals surface area contributed by atoms with Gasteiger partial charge < -0.3 is 10.0 Å². The van der Waals surface area contributed by atoms with Gasteiger partial charge in [0, 0.05) is 12.1 Å². The first kappa shape index (κ1) is 22.5. The molecule has 0 aromatic heterocycles. The van der Waals surface area contributed by atoms with E-state index in [9.17, 15) is 14.7 Å². The average molecular weight is 440 g/mol. The summed E-state index contributed by atoms with van der Waals surface area (Å²) in [4.78, 5) is 28.0. The number of amides is 1. The van der Waals surface area contributed by atoms with Gasteiger partial charge in [0.1, 0.15) is 5.76 Å². The SMILES string of the molecule is Cc1ccc(C)c(C(O)=C2C(=O)C(=O)N(Cc3ccccc3)C2c2ccc(C(C)C)cc2)c1. The fourth-order valence-corrected chi connectivity index (χ4v) is 4.37. The lowest BCUT2D eigenvalue weighted by Gasteiger charge is -2.26. The van der Waals surface area contributed by atoms with Gasteiger partial charge in [-0.3, -0.25) is 9.59 Å². The fourth-order valence-electron chi connectivity index (χ4n) is 4.37. The van der Waals surface area contributed by atoms with Crippen molar-refractivity contribution in [1.82, 2.24) is 4.90 Å². The third-order valence-corrected chi connectivity index (χ3v) is 6.30. The number of ketones is 1. The lowest BCUT2D eigenvalue weighted by Crippen LogP contribution is -2.29. The molecule has 3 aromatic rings. The summed E-state index contributed by atoms with van der Waals surface area (Å²) in [5, 5.41) is 11.4. The minimum absolute atomic E-state index is 0.122. The number of rotatable bonds is 5. The maximum Gasteiger partial charge on any atom is 0.295 e. The first-order chi connectivity index (χ1) is 15.8. The molecule has 0 bridgehead atoms. The molecule has 3 aromatic carbocycles. The molecule has 1 fully saturated rings. The number of carbonyl (C=O) groups is 2. The van der Waals surface area contributed by atoms with Crippen LogP contribution in [0.2, 0.25) is 0 Å². The van der Waals surface area contributed by atoms with Crippen molar-refractivity contribution < 1.29 is 14.7 Å². The molecule has 1 amide bonds. The Hall–Kier alpha value is -3.66. The van der Waals surface area contributed by atoms with Gasteiger partial charge in [0.25, 0.3) is 11.7 Å². The van der Waals surface area contributed by atoms with Gasteiger partial charge in [-0.15, -0.1) is 0 Å². The van der Waals surface area contributed by atoms with Crippen LogP contribution in [0.1, 0.15) is 59.2 Å². The van der Waals surface area contributed by atoms with Gasteiger partial charge >= 0.3 is 0 Å². The van der Waals surface area contributed by atoms with E-state index in [1.807, 2.05) is 86.6 Å². The topological polar surface area (TPSA) is 57.6 Å². The van der Waals surface area contributed by atoms with Crippen molar-refractivity contribution in [2.75, 3.05) is 0 Å². The number of carbonyl (C=O) groups excluding carboxylic acids is 2. The number of hydrogen-bond donors (Lipinski definition) is 1. The van der Waals surface area contributed by atoms with Gasteiger partial charge in [-0.1, -0.05) is 86.1 Å². The van der Waals surface area contributed by atoms with Crippen molar-refractivity contribution in [3.63, 3.8) is 0 Å². The Morgan fingerprint density at radius 2 is 1.61 bits per heavy atom. The van der Waals surface area contributed by atoms with E-state index >= 15 is 0 Å². The van der Waals surface area contributed by atoms with Gasteiger partial charge in [0.15, 0.2) is 0 Å². The number of likely N-dealkylation sites (tertiary alicyclic amines) is 1. The minimum Gasteiger partial charge on any atom is -0.507 e. The maximum absolute atomic E-state index is 13.3. The summed E-state index contributed by atoms with van der Waals surface area (Å²) in [6.45, 7) is 8.35. The van der Waals surface area contributed by atoms with Crippen molar-refractivity contribution in [3.8, 4) is 0 Å². The van der Waals surface area contributed by atoms with Crippen LogP contribution in [0.3, 0.4) is 0 Å². The molecular formula is C29H29NO3. The Morgan fingerprint density at radius 3 is 2.24 bits per heavy atom. The molecule has 0 radical (unpaired) electrons. The maximum atomic E-state index is 13.3. The third-order valence-electron chi connectivity index (χ3n) is 6.30. The molecule has 4 nitrogen and oxygen atoms in total. The standard InChI is InChI=1S/C29H29NO3/c1-18(2)22-12-14-23(15-13-22)26-25(27(31)24-16-19(3)10-11-20(24)4)28(32)29(33)30(26)17-21-8-6-5-7-9-21/h5-16,18,26,31H,17H2,1-4H3. The number of aliphatic hydroxyl groups is 1. The highest BCUT2D eigenvalue weighted by Crippen LogP contribution is 2.41. The molecule has 1 heterocycles. The average Bonchev–Trinajstić information content (AvgIpc) is 3.06. The zero-order valence-corrected chi connectivity index (χ0v) is 19.5. The van der Waals surface area contributed by atoms with E-state index in [1.165, 1.54) is 5.56 Å². The molecule has 1 saturated heterocycles. The number of nitrogens with zero attached hydrogens (tertiary/aromatic N) is 1.